The smallest absolute Gasteiger partial charge is 0.0934 e. The van der Waals surface area contributed by atoms with Gasteiger partial charge in [-0.25, -0.2) is 0 Å². The Morgan fingerprint density at radius 3 is 2.83 bits per heavy atom. The Bertz CT molecular complexity index is 594. The van der Waals surface area contributed by atoms with E-state index in [1.807, 2.05) is 18.2 Å². The van der Waals surface area contributed by atoms with Gasteiger partial charge in [0.25, 0.3) is 0 Å². The lowest BCUT2D eigenvalue weighted by Gasteiger charge is -2.16. The van der Waals surface area contributed by atoms with Crippen LogP contribution in [0.3, 0.4) is 0 Å². The summed E-state index contributed by atoms with van der Waals surface area (Å²) in [4.78, 5) is 1.37. The predicted molar refractivity (Wildman–Crippen MR) is 80.5 cm³/mol. The second-order valence-electron chi connectivity index (χ2n) is 4.29. The van der Waals surface area contributed by atoms with Crippen LogP contribution < -0.4 is 5.32 Å². The van der Waals surface area contributed by atoms with E-state index in [4.69, 9.17) is 34.8 Å². The molecule has 5 heteroatoms. The van der Waals surface area contributed by atoms with Crippen molar-refractivity contribution in [3.8, 4) is 0 Å². The Hall–Kier alpha value is -0.410. The first-order valence-electron chi connectivity index (χ1n) is 5.63. The number of fused-ring (bicyclic) bond motifs is 1. The van der Waals surface area contributed by atoms with Crippen molar-refractivity contribution >= 4 is 51.8 Å². The van der Waals surface area contributed by atoms with Crippen molar-refractivity contribution in [1.29, 1.82) is 0 Å². The molecule has 0 fully saturated rings. The van der Waals surface area contributed by atoms with Crippen LogP contribution in [-0.2, 0) is 6.42 Å². The first kappa shape index (κ1) is 12.6. The Morgan fingerprint density at radius 2 is 2.00 bits per heavy atom. The molecule has 0 radical (unpaired) electrons. The highest BCUT2D eigenvalue weighted by Gasteiger charge is 2.25. The fraction of sp³-hybridized carbons (Fsp3) is 0.231. The lowest BCUT2D eigenvalue weighted by molar-refractivity contribution is 0.762. The highest BCUT2D eigenvalue weighted by Crippen LogP contribution is 2.41. The highest BCUT2D eigenvalue weighted by atomic mass is 35.5. The van der Waals surface area contributed by atoms with Crippen LogP contribution in [0.4, 0.5) is 5.69 Å². The number of halogens is 3. The molecule has 0 bridgehead atoms. The SMILES string of the molecule is Clc1ccc(Cl)c(NC2CCc3sc(Cl)cc32)c1. The molecule has 18 heavy (non-hydrogen) atoms. The van der Waals surface area contributed by atoms with E-state index in [0.29, 0.717) is 10.0 Å². The zero-order chi connectivity index (χ0) is 12.7. The fourth-order valence-electron chi connectivity index (χ4n) is 2.28. The number of benzene rings is 1. The standard InChI is InChI=1S/C13H10Cl3NS/c14-7-1-2-9(15)11(5-7)17-10-3-4-12-8(10)6-13(16)18-12/h1-2,5-6,10,17H,3-4H2. The second-order valence-corrected chi connectivity index (χ2v) is 6.90. The third-order valence-electron chi connectivity index (χ3n) is 3.11. The first-order valence-corrected chi connectivity index (χ1v) is 7.58. The topological polar surface area (TPSA) is 12.0 Å². The van der Waals surface area contributed by atoms with E-state index in [-0.39, 0.29) is 6.04 Å². The molecule has 1 heterocycles. The van der Waals surface area contributed by atoms with Gasteiger partial charge in [0.15, 0.2) is 0 Å². The van der Waals surface area contributed by atoms with Crippen LogP contribution in [0.1, 0.15) is 22.9 Å². The second kappa shape index (κ2) is 4.93. The van der Waals surface area contributed by atoms with E-state index in [1.165, 1.54) is 10.4 Å². The minimum Gasteiger partial charge on any atom is -0.377 e. The maximum Gasteiger partial charge on any atom is 0.0934 e. The number of thiophene rings is 1. The monoisotopic (exact) mass is 317 g/mol. The summed E-state index contributed by atoms with van der Waals surface area (Å²) >= 11 is 19.9. The van der Waals surface area contributed by atoms with Gasteiger partial charge in [0.2, 0.25) is 0 Å². The van der Waals surface area contributed by atoms with Crippen LogP contribution in [0.25, 0.3) is 0 Å². The number of hydrogen-bond acceptors (Lipinski definition) is 2. The van der Waals surface area contributed by atoms with Crippen LogP contribution >= 0.6 is 46.1 Å². The Kier molecular flexibility index (Phi) is 3.46. The molecule has 94 valence electrons. The van der Waals surface area contributed by atoms with Crippen LogP contribution in [-0.4, -0.2) is 0 Å². The van der Waals surface area contributed by atoms with Gasteiger partial charge in [-0.2, -0.15) is 0 Å². The van der Waals surface area contributed by atoms with Crippen LogP contribution in [0.5, 0.6) is 0 Å². The van der Waals surface area contributed by atoms with Crippen LogP contribution in [0.2, 0.25) is 14.4 Å². The fourth-order valence-corrected chi connectivity index (χ4v) is 3.98. The van der Waals surface area contributed by atoms with Gasteiger partial charge < -0.3 is 5.32 Å². The Labute approximate surface area is 125 Å². The quantitative estimate of drug-likeness (QED) is 0.737. The third kappa shape index (κ3) is 2.35. The minimum atomic E-state index is 0.278. The third-order valence-corrected chi connectivity index (χ3v) is 5.01. The van der Waals surface area contributed by atoms with Crippen molar-refractivity contribution in [2.24, 2.45) is 0 Å². The number of aryl methyl sites for hydroxylation is 1. The molecular weight excluding hydrogens is 309 g/mol. The molecule has 1 unspecified atom stereocenters. The minimum absolute atomic E-state index is 0.278. The van der Waals surface area contributed by atoms with E-state index in [1.54, 1.807) is 17.4 Å². The van der Waals surface area contributed by atoms with Crippen molar-refractivity contribution in [3.05, 3.63) is 49.1 Å². The molecule has 1 aliphatic carbocycles. The molecule has 1 aliphatic rings. The molecule has 0 saturated heterocycles. The lowest BCUT2D eigenvalue weighted by atomic mass is 10.1. The van der Waals surface area contributed by atoms with Gasteiger partial charge in [-0.05, 0) is 42.7 Å². The van der Waals surface area contributed by atoms with E-state index in [0.717, 1.165) is 22.9 Å². The molecule has 0 aliphatic heterocycles. The number of hydrogen-bond donors (Lipinski definition) is 1. The van der Waals surface area contributed by atoms with Gasteiger partial charge in [0.05, 0.1) is 21.1 Å². The molecule has 0 spiro atoms. The summed E-state index contributed by atoms with van der Waals surface area (Å²) in [5, 5.41) is 4.82. The van der Waals surface area contributed by atoms with Gasteiger partial charge in [-0.15, -0.1) is 11.3 Å². The summed E-state index contributed by atoms with van der Waals surface area (Å²) in [6.45, 7) is 0. The van der Waals surface area contributed by atoms with Crippen molar-refractivity contribution < 1.29 is 0 Å². The molecule has 3 rings (SSSR count). The maximum absolute atomic E-state index is 6.16. The number of rotatable bonds is 2. The molecule has 0 saturated carbocycles. The van der Waals surface area contributed by atoms with Crippen molar-refractivity contribution in [2.75, 3.05) is 5.32 Å². The van der Waals surface area contributed by atoms with Crippen molar-refractivity contribution in [2.45, 2.75) is 18.9 Å². The molecule has 1 nitrogen and oxygen atoms in total. The first-order chi connectivity index (χ1) is 8.63. The van der Waals surface area contributed by atoms with Crippen molar-refractivity contribution in [3.63, 3.8) is 0 Å². The van der Waals surface area contributed by atoms with Crippen molar-refractivity contribution in [1.82, 2.24) is 0 Å². The predicted octanol–water partition coefficient (Wildman–Crippen LogP) is 5.81. The average Bonchev–Trinajstić information content (AvgIpc) is 2.84. The van der Waals surface area contributed by atoms with Crippen LogP contribution in [0, 0.1) is 0 Å². The zero-order valence-electron chi connectivity index (χ0n) is 9.34. The van der Waals surface area contributed by atoms with E-state index >= 15 is 0 Å². The molecule has 0 amide bonds. The number of anilines is 1. The molecular formula is C13H10Cl3NS. The summed E-state index contributed by atoms with van der Waals surface area (Å²) in [5.41, 5.74) is 2.17. The summed E-state index contributed by atoms with van der Waals surface area (Å²) in [7, 11) is 0. The average molecular weight is 319 g/mol. The largest absolute Gasteiger partial charge is 0.377 e. The van der Waals surface area contributed by atoms with E-state index in [9.17, 15) is 0 Å². The van der Waals surface area contributed by atoms with Crippen LogP contribution in [0.15, 0.2) is 24.3 Å². The van der Waals surface area contributed by atoms with E-state index < -0.39 is 0 Å². The molecule has 1 N–H and O–H groups in total. The Morgan fingerprint density at radius 1 is 1.17 bits per heavy atom. The molecule has 1 atom stereocenters. The summed E-state index contributed by atoms with van der Waals surface area (Å²) in [6, 6.07) is 7.78. The lowest BCUT2D eigenvalue weighted by Crippen LogP contribution is -2.06. The number of nitrogens with one attached hydrogen (secondary N) is 1. The molecule has 1 aromatic carbocycles. The molecule has 1 aromatic heterocycles. The molecule has 2 aromatic rings. The van der Waals surface area contributed by atoms with Gasteiger partial charge in [-0.3, -0.25) is 0 Å². The zero-order valence-corrected chi connectivity index (χ0v) is 12.4. The Balaban J connectivity index is 1.88. The summed E-state index contributed by atoms with van der Waals surface area (Å²) in [6.07, 6.45) is 2.14. The van der Waals surface area contributed by atoms with Gasteiger partial charge in [0, 0.05) is 9.90 Å². The van der Waals surface area contributed by atoms with E-state index in [2.05, 4.69) is 5.32 Å². The van der Waals surface area contributed by atoms with Gasteiger partial charge >= 0.3 is 0 Å². The van der Waals surface area contributed by atoms with Gasteiger partial charge in [-0.1, -0.05) is 34.8 Å². The summed E-state index contributed by atoms with van der Waals surface area (Å²) < 4.78 is 0.851. The van der Waals surface area contributed by atoms with Gasteiger partial charge in [0.1, 0.15) is 0 Å². The maximum atomic E-state index is 6.16. The normalized spacial score (nSPS) is 17.8. The summed E-state index contributed by atoms with van der Waals surface area (Å²) in [5.74, 6) is 0. The highest BCUT2D eigenvalue weighted by molar-refractivity contribution is 7.16.